The van der Waals surface area contributed by atoms with Gasteiger partial charge in [0.1, 0.15) is 11.2 Å². The van der Waals surface area contributed by atoms with E-state index in [1.807, 2.05) is 12.3 Å². The Bertz CT molecular complexity index is 853. The van der Waals surface area contributed by atoms with Crippen LogP contribution in [-0.2, 0) is 17.9 Å². The molecule has 0 aliphatic rings. The van der Waals surface area contributed by atoms with Crippen molar-refractivity contribution in [2.75, 3.05) is 6.54 Å². The Morgan fingerprint density at radius 1 is 1.16 bits per heavy atom. The van der Waals surface area contributed by atoms with Crippen LogP contribution in [0.5, 0.6) is 0 Å². The zero-order valence-electron chi connectivity index (χ0n) is 14.6. The number of hydrogen-bond donors (Lipinski definition) is 1. The molecule has 138 valence electrons. The molecule has 25 heavy (non-hydrogen) atoms. The molecule has 2 aromatic rings. The molecule has 8 heteroatoms. The van der Waals surface area contributed by atoms with Crippen LogP contribution in [0.3, 0.4) is 0 Å². The summed E-state index contributed by atoms with van der Waals surface area (Å²) in [5.74, 6) is -0.303. The van der Waals surface area contributed by atoms with Gasteiger partial charge >= 0.3 is 5.69 Å². The van der Waals surface area contributed by atoms with E-state index in [2.05, 4.69) is 28.2 Å². The van der Waals surface area contributed by atoms with E-state index >= 15 is 0 Å². The zero-order chi connectivity index (χ0) is 18.4. The van der Waals surface area contributed by atoms with Crippen molar-refractivity contribution in [2.45, 2.75) is 59.0 Å². The van der Waals surface area contributed by atoms with Crippen molar-refractivity contribution in [1.82, 2.24) is 14.5 Å². The van der Waals surface area contributed by atoms with Gasteiger partial charge in [-0.05, 0) is 28.8 Å². The SMILES string of the molecule is CCCCCn1c(=O)n(CC(=O)NCCCC)c(=O)c2scc(Br)c21. The highest BCUT2D eigenvalue weighted by Gasteiger charge is 2.18. The van der Waals surface area contributed by atoms with Crippen molar-refractivity contribution >= 4 is 43.4 Å². The molecular weight excluding hydrogens is 406 g/mol. The van der Waals surface area contributed by atoms with Crippen LogP contribution in [0, 0.1) is 0 Å². The van der Waals surface area contributed by atoms with Crippen molar-refractivity contribution in [3.63, 3.8) is 0 Å². The second-order valence-corrected chi connectivity index (χ2v) is 7.73. The molecule has 1 N–H and O–H groups in total. The van der Waals surface area contributed by atoms with Gasteiger partial charge in [0.05, 0.1) is 9.99 Å². The molecule has 0 saturated carbocycles. The Balaban J connectivity index is 2.41. The van der Waals surface area contributed by atoms with Crippen LogP contribution >= 0.6 is 27.3 Å². The number of amides is 1. The summed E-state index contributed by atoms with van der Waals surface area (Å²) in [4.78, 5) is 37.6. The molecule has 6 nitrogen and oxygen atoms in total. The first-order valence-corrected chi connectivity index (χ1v) is 10.4. The van der Waals surface area contributed by atoms with Crippen molar-refractivity contribution in [1.29, 1.82) is 0 Å². The van der Waals surface area contributed by atoms with Crippen LogP contribution in [0.15, 0.2) is 19.4 Å². The number of rotatable bonds is 9. The molecule has 0 bridgehead atoms. The molecule has 2 heterocycles. The van der Waals surface area contributed by atoms with E-state index in [0.717, 1.165) is 41.1 Å². The van der Waals surface area contributed by atoms with E-state index in [1.165, 1.54) is 11.3 Å². The average Bonchev–Trinajstić information content (AvgIpc) is 2.97. The molecule has 0 aromatic carbocycles. The number of halogens is 1. The standard InChI is InChI=1S/C17H24BrN3O3S/c1-3-5-7-9-20-14-12(18)11-25-15(14)16(23)21(17(20)24)10-13(22)19-8-6-4-2/h11H,3-10H2,1-2H3,(H,19,22). The largest absolute Gasteiger partial charge is 0.355 e. The van der Waals surface area contributed by atoms with E-state index < -0.39 is 11.2 Å². The number of hydrogen-bond acceptors (Lipinski definition) is 4. The molecule has 0 unspecified atom stereocenters. The van der Waals surface area contributed by atoms with Crippen LogP contribution in [0.1, 0.15) is 46.0 Å². The number of nitrogens with zero attached hydrogens (tertiary/aromatic N) is 2. The zero-order valence-corrected chi connectivity index (χ0v) is 17.0. The topological polar surface area (TPSA) is 73.1 Å². The fraction of sp³-hybridized carbons (Fsp3) is 0.588. The molecule has 0 spiro atoms. The number of carbonyl (C=O) groups is 1. The van der Waals surface area contributed by atoms with Crippen LogP contribution in [-0.4, -0.2) is 21.6 Å². The Morgan fingerprint density at radius 3 is 2.56 bits per heavy atom. The number of aromatic nitrogens is 2. The first-order valence-electron chi connectivity index (χ1n) is 8.68. The predicted molar refractivity (Wildman–Crippen MR) is 105 cm³/mol. The lowest BCUT2D eigenvalue weighted by Gasteiger charge is -2.12. The summed E-state index contributed by atoms with van der Waals surface area (Å²) >= 11 is 4.73. The molecule has 0 radical (unpaired) electrons. The lowest BCUT2D eigenvalue weighted by molar-refractivity contribution is -0.121. The molecule has 0 atom stereocenters. The molecule has 0 aliphatic heterocycles. The minimum atomic E-state index is -0.418. The lowest BCUT2D eigenvalue weighted by Crippen LogP contribution is -2.43. The maximum Gasteiger partial charge on any atom is 0.332 e. The highest BCUT2D eigenvalue weighted by molar-refractivity contribution is 9.10. The molecule has 2 rings (SSSR count). The van der Waals surface area contributed by atoms with Gasteiger partial charge in [-0.15, -0.1) is 11.3 Å². The fourth-order valence-corrected chi connectivity index (χ4v) is 4.36. The first kappa shape index (κ1) is 19.9. The second-order valence-electron chi connectivity index (χ2n) is 6.00. The van der Waals surface area contributed by atoms with E-state index in [-0.39, 0.29) is 12.5 Å². The minimum absolute atomic E-state index is 0.235. The maximum atomic E-state index is 12.8. The number of carbonyl (C=O) groups excluding carboxylic acids is 1. The third-order valence-corrected chi connectivity index (χ3v) is 5.90. The van der Waals surface area contributed by atoms with Gasteiger partial charge in [-0.1, -0.05) is 33.1 Å². The summed E-state index contributed by atoms with van der Waals surface area (Å²) in [6.45, 7) is 4.99. The Kier molecular flexibility index (Phi) is 7.43. The van der Waals surface area contributed by atoms with Crippen LogP contribution < -0.4 is 16.6 Å². The van der Waals surface area contributed by atoms with Gasteiger partial charge in [0.2, 0.25) is 5.91 Å². The highest BCUT2D eigenvalue weighted by Crippen LogP contribution is 2.27. The third-order valence-electron chi connectivity index (χ3n) is 4.03. The smallest absolute Gasteiger partial charge is 0.332 e. The summed E-state index contributed by atoms with van der Waals surface area (Å²) in [5, 5.41) is 4.57. The third kappa shape index (κ3) is 4.61. The number of nitrogens with one attached hydrogen (secondary N) is 1. The van der Waals surface area contributed by atoms with Gasteiger partial charge in [-0.2, -0.15) is 0 Å². The van der Waals surface area contributed by atoms with Crippen molar-refractivity contribution in [3.05, 3.63) is 30.7 Å². The Hall–Kier alpha value is -1.41. The van der Waals surface area contributed by atoms with Crippen molar-refractivity contribution in [2.24, 2.45) is 0 Å². The maximum absolute atomic E-state index is 12.8. The van der Waals surface area contributed by atoms with Gasteiger partial charge in [-0.3, -0.25) is 14.2 Å². The lowest BCUT2D eigenvalue weighted by atomic mass is 10.2. The minimum Gasteiger partial charge on any atom is -0.355 e. The molecular formula is C17H24BrN3O3S. The number of fused-ring (bicyclic) bond motifs is 1. The molecule has 0 aliphatic carbocycles. The molecule has 0 saturated heterocycles. The molecule has 0 fully saturated rings. The van der Waals surface area contributed by atoms with Crippen LogP contribution in [0.4, 0.5) is 0 Å². The normalized spacial score (nSPS) is 11.2. The quantitative estimate of drug-likeness (QED) is 0.622. The second kappa shape index (κ2) is 9.33. The van der Waals surface area contributed by atoms with E-state index in [9.17, 15) is 14.4 Å². The van der Waals surface area contributed by atoms with Crippen LogP contribution in [0.2, 0.25) is 0 Å². The van der Waals surface area contributed by atoms with E-state index in [4.69, 9.17) is 0 Å². The van der Waals surface area contributed by atoms with Gasteiger partial charge in [0.15, 0.2) is 0 Å². The van der Waals surface area contributed by atoms with Crippen molar-refractivity contribution in [3.8, 4) is 0 Å². The summed E-state index contributed by atoms with van der Waals surface area (Å²) in [6, 6.07) is 0. The summed E-state index contributed by atoms with van der Waals surface area (Å²) in [6.07, 6.45) is 4.75. The van der Waals surface area contributed by atoms with Crippen LogP contribution in [0.25, 0.3) is 10.2 Å². The Morgan fingerprint density at radius 2 is 1.88 bits per heavy atom. The van der Waals surface area contributed by atoms with E-state index in [1.54, 1.807) is 4.57 Å². The predicted octanol–water partition coefficient (Wildman–Crippen LogP) is 3.09. The van der Waals surface area contributed by atoms with Gasteiger partial charge < -0.3 is 5.32 Å². The van der Waals surface area contributed by atoms with Gasteiger partial charge in [-0.25, -0.2) is 9.36 Å². The number of aryl methyl sites for hydroxylation is 1. The fourth-order valence-electron chi connectivity index (χ4n) is 2.66. The summed E-state index contributed by atoms with van der Waals surface area (Å²) in [5.41, 5.74) is -0.176. The van der Waals surface area contributed by atoms with E-state index in [0.29, 0.717) is 23.3 Å². The van der Waals surface area contributed by atoms with Gasteiger partial charge in [0, 0.05) is 18.5 Å². The molecule has 2 aromatic heterocycles. The monoisotopic (exact) mass is 429 g/mol. The first-order chi connectivity index (χ1) is 12.0. The summed E-state index contributed by atoms with van der Waals surface area (Å²) < 4.78 is 3.92. The average molecular weight is 430 g/mol. The Labute approximate surface area is 159 Å². The molecule has 1 amide bonds. The van der Waals surface area contributed by atoms with Gasteiger partial charge in [0.25, 0.3) is 5.56 Å². The summed E-state index contributed by atoms with van der Waals surface area (Å²) in [7, 11) is 0. The number of unbranched alkanes of at least 4 members (excludes halogenated alkanes) is 3. The number of thiophene rings is 1. The van der Waals surface area contributed by atoms with Crippen molar-refractivity contribution < 1.29 is 4.79 Å². The highest BCUT2D eigenvalue weighted by atomic mass is 79.9.